The first-order chi connectivity index (χ1) is 22.8. The number of hydrogen-bond donors (Lipinski definition) is 0. The number of nitrogens with zero attached hydrogens (tertiary/aromatic N) is 3. The third kappa shape index (κ3) is 5.47. The Morgan fingerprint density at radius 3 is 2.15 bits per heavy atom. The first kappa shape index (κ1) is 30.4. The van der Waals surface area contributed by atoms with Crippen molar-refractivity contribution in [2.75, 3.05) is 16.1 Å². The van der Waals surface area contributed by atoms with E-state index in [-0.39, 0.29) is 4.90 Å². The Balaban J connectivity index is 1.53. The highest BCUT2D eigenvalue weighted by Gasteiger charge is 2.31. The van der Waals surface area contributed by atoms with Crippen molar-refractivity contribution in [3.05, 3.63) is 156 Å². The third-order valence-corrected chi connectivity index (χ3v) is 10.5. The standard InChI is InChI=1S/C40H33N3O2S2/c1-5-6-15-34-28(3)42(35-16-10-11-17-36(35)43(34)30-13-8-7-9-14-30)37-24-19-27(2)39-32(38-18-12-25-46-38)26-33(41-40(37)39)29-20-22-31(23-21-29)47(4,44)45/h5-26H,1H2,2-4H3/b15-6-. The Morgan fingerprint density at radius 1 is 0.787 bits per heavy atom. The lowest BCUT2D eigenvalue weighted by Crippen LogP contribution is -2.30. The van der Waals surface area contributed by atoms with Crippen LogP contribution in [0.5, 0.6) is 0 Å². The minimum Gasteiger partial charge on any atom is -0.308 e. The van der Waals surface area contributed by atoms with Gasteiger partial charge in [0.25, 0.3) is 0 Å². The maximum Gasteiger partial charge on any atom is 0.175 e. The van der Waals surface area contributed by atoms with Crippen LogP contribution >= 0.6 is 11.3 Å². The molecule has 4 aromatic carbocycles. The van der Waals surface area contributed by atoms with Gasteiger partial charge < -0.3 is 9.80 Å². The van der Waals surface area contributed by atoms with Gasteiger partial charge in [-0.05, 0) is 85.5 Å². The van der Waals surface area contributed by atoms with Crippen LogP contribution in [0, 0.1) is 6.92 Å². The summed E-state index contributed by atoms with van der Waals surface area (Å²) in [5, 5.41) is 3.17. The maximum absolute atomic E-state index is 12.2. The van der Waals surface area contributed by atoms with E-state index in [1.54, 1.807) is 29.5 Å². The van der Waals surface area contributed by atoms with Gasteiger partial charge in [-0.3, -0.25) is 0 Å². The Labute approximate surface area is 280 Å². The number of fused-ring (bicyclic) bond motifs is 2. The highest BCUT2D eigenvalue weighted by Crippen LogP contribution is 2.50. The van der Waals surface area contributed by atoms with E-state index in [4.69, 9.17) is 4.98 Å². The Kier molecular flexibility index (Phi) is 7.88. The maximum atomic E-state index is 12.2. The predicted molar refractivity (Wildman–Crippen MR) is 198 cm³/mol. The third-order valence-electron chi connectivity index (χ3n) is 8.47. The van der Waals surface area contributed by atoms with E-state index >= 15 is 0 Å². The highest BCUT2D eigenvalue weighted by molar-refractivity contribution is 7.90. The molecule has 232 valence electrons. The van der Waals surface area contributed by atoms with E-state index in [9.17, 15) is 8.42 Å². The monoisotopic (exact) mass is 651 g/mol. The van der Waals surface area contributed by atoms with Crippen molar-refractivity contribution < 1.29 is 8.42 Å². The van der Waals surface area contributed by atoms with Crippen molar-refractivity contribution in [1.29, 1.82) is 0 Å². The molecule has 0 fully saturated rings. The molecule has 0 unspecified atom stereocenters. The van der Waals surface area contributed by atoms with Crippen LogP contribution in [-0.2, 0) is 9.84 Å². The van der Waals surface area contributed by atoms with E-state index in [1.165, 1.54) is 6.26 Å². The molecular formula is C40H33N3O2S2. The van der Waals surface area contributed by atoms with Crippen LogP contribution in [0.1, 0.15) is 12.5 Å². The molecule has 5 nitrogen and oxygen atoms in total. The number of sulfone groups is 1. The zero-order valence-corrected chi connectivity index (χ0v) is 28.0. The van der Waals surface area contributed by atoms with Crippen molar-refractivity contribution in [1.82, 2.24) is 4.98 Å². The Morgan fingerprint density at radius 2 is 1.49 bits per heavy atom. The summed E-state index contributed by atoms with van der Waals surface area (Å²) >= 11 is 1.69. The summed E-state index contributed by atoms with van der Waals surface area (Å²) in [5.41, 5.74) is 10.9. The van der Waals surface area contributed by atoms with Crippen LogP contribution in [-0.4, -0.2) is 19.7 Å². The number of para-hydroxylation sites is 3. The van der Waals surface area contributed by atoms with Gasteiger partial charge in [0.1, 0.15) is 0 Å². The smallest absolute Gasteiger partial charge is 0.175 e. The highest BCUT2D eigenvalue weighted by atomic mass is 32.2. The zero-order chi connectivity index (χ0) is 32.7. The molecule has 47 heavy (non-hydrogen) atoms. The van der Waals surface area contributed by atoms with Gasteiger partial charge in [-0.25, -0.2) is 13.4 Å². The molecule has 0 radical (unpaired) electrons. The molecule has 0 saturated carbocycles. The van der Waals surface area contributed by atoms with E-state index < -0.39 is 9.84 Å². The molecular weight excluding hydrogens is 619 g/mol. The molecule has 7 rings (SSSR count). The van der Waals surface area contributed by atoms with Crippen molar-refractivity contribution in [2.45, 2.75) is 18.7 Å². The number of benzene rings is 4. The van der Waals surface area contributed by atoms with Crippen molar-refractivity contribution in [3.63, 3.8) is 0 Å². The van der Waals surface area contributed by atoms with Gasteiger partial charge in [-0.1, -0.05) is 73.3 Å². The topological polar surface area (TPSA) is 53.5 Å². The summed E-state index contributed by atoms with van der Waals surface area (Å²) in [7, 11) is -3.32. The second kappa shape index (κ2) is 12.2. The molecule has 0 atom stereocenters. The molecule has 7 heteroatoms. The molecule has 1 aliphatic heterocycles. The van der Waals surface area contributed by atoms with Gasteiger partial charge in [0.15, 0.2) is 9.84 Å². The van der Waals surface area contributed by atoms with Gasteiger partial charge in [0, 0.05) is 39.0 Å². The van der Waals surface area contributed by atoms with Crippen LogP contribution < -0.4 is 9.80 Å². The number of hydrogen-bond acceptors (Lipinski definition) is 6. The van der Waals surface area contributed by atoms with Gasteiger partial charge in [-0.15, -0.1) is 11.3 Å². The number of thiophene rings is 1. The quantitative estimate of drug-likeness (QED) is 0.161. The Hall–Kier alpha value is -5.24. The summed E-state index contributed by atoms with van der Waals surface area (Å²) < 4.78 is 24.4. The SMILES string of the molecule is C=C/C=C\C1=C(C)N(c2ccc(C)c3c(-c4cccs4)cc(-c4ccc(S(C)(=O)=O)cc4)nc23)c2ccccc2N1c1ccccc1. The van der Waals surface area contributed by atoms with Gasteiger partial charge in [0.05, 0.1) is 38.9 Å². The molecule has 0 amide bonds. The fourth-order valence-electron chi connectivity index (χ4n) is 6.27. The average Bonchev–Trinajstić information content (AvgIpc) is 3.63. The minimum absolute atomic E-state index is 0.283. The molecule has 0 aliphatic carbocycles. The van der Waals surface area contributed by atoms with Crippen LogP contribution in [0.4, 0.5) is 22.7 Å². The van der Waals surface area contributed by atoms with Gasteiger partial charge >= 0.3 is 0 Å². The van der Waals surface area contributed by atoms with Crippen molar-refractivity contribution in [2.24, 2.45) is 0 Å². The molecule has 2 aromatic heterocycles. The number of aromatic nitrogens is 1. The molecule has 1 aliphatic rings. The number of pyridine rings is 1. The number of rotatable bonds is 7. The van der Waals surface area contributed by atoms with E-state index in [0.29, 0.717) is 0 Å². The van der Waals surface area contributed by atoms with E-state index in [2.05, 4.69) is 121 Å². The summed E-state index contributed by atoms with van der Waals surface area (Å²) in [6, 6.07) is 36.5. The van der Waals surface area contributed by atoms with Crippen LogP contribution in [0.15, 0.2) is 156 Å². The van der Waals surface area contributed by atoms with Crippen LogP contribution in [0.2, 0.25) is 0 Å². The summed E-state index contributed by atoms with van der Waals surface area (Å²) in [5.74, 6) is 0. The molecule has 0 saturated heterocycles. The molecule has 3 heterocycles. The fourth-order valence-corrected chi connectivity index (χ4v) is 7.65. The normalized spacial score (nSPS) is 13.4. The van der Waals surface area contributed by atoms with Crippen molar-refractivity contribution >= 4 is 54.8 Å². The van der Waals surface area contributed by atoms with Gasteiger partial charge in [-0.2, -0.15) is 0 Å². The largest absolute Gasteiger partial charge is 0.308 e. The van der Waals surface area contributed by atoms with Crippen LogP contribution in [0.25, 0.3) is 32.6 Å². The first-order valence-electron chi connectivity index (χ1n) is 15.3. The van der Waals surface area contributed by atoms with E-state index in [1.807, 2.05) is 24.3 Å². The Bertz CT molecular complexity index is 2310. The predicted octanol–water partition coefficient (Wildman–Crippen LogP) is 10.6. The lowest BCUT2D eigenvalue weighted by atomic mass is 9.97. The first-order valence-corrected chi connectivity index (χ1v) is 18.1. The second-order valence-electron chi connectivity index (χ2n) is 11.5. The molecule has 0 bridgehead atoms. The molecule has 0 N–H and O–H groups in total. The lowest BCUT2D eigenvalue weighted by Gasteiger charge is -2.40. The van der Waals surface area contributed by atoms with Gasteiger partial charge in [0.2, 0.25) is 0 Å². The average molecular weight is 652 g/mol. The molecule has 6 aromatic rings. The fraction of sp³-hybridized carbons (Fsp3) is 0.0750. The summed E-state index contributed by atoms with van der Waals surface area (Å²) in [6.07, 6.45) is 7.10. The van der Waals surface area contributed by atoms with Crippen LogP contribution in [0.3, 0.4) is 0 Å². The summed E-state index contributed by atoms with van der Waals surface area (Å²) in [4.78, 5) is 11.4. The number of aryl methyl sites for hydroxylation is 1. The minimum atomic E-state index is -3.32. The van der Waals surface area contributed by atoms with Crippen molar-refractivity contribution in [3.8, 4) is 21.7 Å². The molecule has 0 spiro atoms. The lowest BCUT2D eigenvalue weighted by molar-refractivity contribution is 0.602. The van der Waals surface area contributed by atoms with E-state index in [0.717, 1.165) is 72.3 Å². The number of anilines is 4. The number of allylic oxidation sites excluding steroid dienone is 4. The second-order valence-corrected chi connectivity index (χ2v) is 14.5. The summed E-state index contributed by atoms with van der Waals surface area (Å²) in [6.45, 7) is 8.23. The zero-order valence-electron chi connectivity index (χ0n) is 26.4.